The van der Waals surface area contributed by atoms with Crippen LogP contribution in [0.3, 0.4) is 0 Å². The first-order valence-electron chi connectivity index (χ1n) is 8.30. The molecule has 0 unspecified atom stereocenters. The molecule has 0 radical (unpaired) electrons. The Labute approximate surface area is 159 Å². The first-order chi connectivity index (χ1) is 12.7. The third-order valence-electron chi connectivity index (χ3n) is 4.03. The van der Waals surface area contributed by atoms with Crippen molar-refractivity contribution >= 4 is 21.6 Å². The SMILES string of the molecule is COc1ccc(S(=O)(=O)N[C@H](C)C(=O)Nc2ccc(C)cc2C)cc1OC. The predicted octanol–water partition coefficient (Wildman–Crippen LogP) is 2.63. The molecule has 146 valence electrons. The van der Waals surface area contributed by atoms with Crippen molar-refractivity contribution in [1.82, 2.24) is 4.72 Å². The monoisotopic (exact) mass is 392 g/mol. The maximum atomic E-state index is 12.6. The number of carbonyl (C=O) groups is 1. The molecule has 0 fully saturated rings. The lowest BCUT2D eigenvalue weighted by molar-refractivity contribution is -0.117. The summed E-state index contributed by atoms with van der Waals surface area (Å²) in [7, 11) is -1.04. The smallest absolute Gasteiger partial charge is 0.242 e. The number of hydrogen-bond donors (Lipinski definition) is 2. The van der Waals surface area contributed by atoms with E-state index in [0.29, 0.717) is 11.4 Å². The van der Waals surface area contributed by atoms with Gasteiger partial charge < -0.3 is 14.8 Å². The topological polar surface area (TPSA) is 93.7 Å². The summed E-state index contributed by atoms with van der Waals surface area (Å²) in [4.78, 5) is 12.4. The van der Waals surface area contributed by atoms with Crippen LogP contribution < -0.4 is 19.5 Å². The van der Waals surface area contributed by atoms with Crippen LogP contribution in [0, 0.1) is 13.8 Å². The fourth-order valence-electron chi connectivity index (χ4n) is 2.53. The average Bonchev–Trinajstić information content (AvgIpc) is 2.62. The van der Waals surface area contributed by atoms with E-state index in [1.807, 2.05) is 26.0 Å². The maximum absolute atomic E-state index is 12.6. The van der Waals surface area contributed by atoms with Gasteiger partial charge in [-0.3, -0.25) is 4.79 Å². The molecule has 0 spiro atoms. The number of anilines is 1. The Morgan fingerprint density at radius 3 is 2.26 bits per heavy atom. The summed E-state index contributed by atoms with van der Waals surface area (Å²) >= 11 is 0. The van der Waals surface area contributed by atoms with E-state index in [1.165, 1.54) is 39.3 Å². The van der Waals surface area contributed by atoms with Crippen LogP contribution in [0.25, 0.3) is 0 Å². The quantitative estimate of drug-likeness (QED) is 0.755. The van der Waals surface area contributed by atoms with E-state index in [9.17, 15) is 13.2 Å². The Bertz CT molecular complexity index is 941. The maximum Gasteiger partial charge on any atom is 0.242 e. The van der Waals surface area contributed by atoms with Crippen molar-refractivity contribution < 1.29 is 22.7 Å². The van der Waals surface area contributed by atoms with E-state index >= 15 is 0 Å². The lowest BCUT2D eigenvalue weighted by Crippen LogP contribution is -2.41. The molecule has 2 rings (SSSR count). The van der Waals surface area contributed by atoms with Gasteiger partial charge in [-0.25, -0.2) is 8.42 Å². The average molecular weight is 392 g/mol. The molecule has 2 N–H and O–H groups in total. The van der Waals surface area contributed by atoms with E-state index in [1.54, 1.807) is 6.07 Å². The molecule has 0 aromatic heterocycles. The molecule has 0 heterocycles. The number of amides is 1. The molecule has 0 saturated heterocycles. The van der Waals surface area contributed by atoms with Crippen molar-refractivity contribution in [3.05, 3.63) is 47.5 Å². The number of rotatable bonds is 7. The molecule has 0 saturated carbocycles. The van der Waals surface area contributed by atoms with Crippen LogP contribution in [0.4, 0.5) is 5.69 Å². The summed E-state index contributed by atoms with van der Waals surface area (Å²) in [6.07, 6.45) is 0. The van der Waals surface area contributed by atoms with Crippen molar-refractivity contribution in [1.29, 1.82) is 0 Å². The Morgan fingerprint density at radius 2 is 1.67 bits per heavy atom. The molecular weight excluding hydrogens is 368 g/mol. The highest BCUT2D eigenvalue weighted by atomic mass is 32.2. The van der Waals surface area contributed by atoms with Gasteiger partial charge in [0.2, 0.25) is 15.9 Å². The number of aryl methyl sites for hydroxylation is 2. The number of nitrogens with one attached hydrogen (secondary N) is 2. The molecule has 0 aliphatic carbocycles. The Balaban J connectivity index is 2.15. The van der Waals surface area contributed by atoms with Crippen molar-refractivity contribution in [2.45, 2.75) is 31.7 Å². The largest absolute Gasteiger partial charge is 0.493 e. The fourth-order valence-corrected chi connectivity index (χ4v) is 3.75. The predicted molar refractivity (Wildman–Crippen MR) is 104 cm³/mol. The molecule has 2 aromatic rings. The van der Waals surface area contributed by atoms with Gasteiger partial charge >= 0.3 is 0 Å². The summed E-state index contributed by atoms with van der Waals surface area (Å²) in [6, 6.07) is 8.86. The Morgan fingerprint density at radius 1 is 1.00 bits per heavy atom. The van der Waals surface area contributed by atoms with Crippen molar-refractivity contribution in [3.63, 3.8) is 0 Å². The molecule has 0 bridgehead atoms. The molecule has 2 aromatic carbocycles. The van der Waals surface area contributed by atoms with E-state index in [2.05, 4.69) is 10.0 Å². The van der Waals surface area contributed by atoms with E-state index in [0.717, 1.165) is 11.1 Å². The second kappa shape index (κ2) is 8.41. The molecule has 27 heavy (non-hydrogen) atoms. The number of ether oxygens (including phenoxy) is 2. The van der Waals surface area contributed by atoms with Crippen LogP contribution in [0.5, 0.6) is 11.5 Å². The van der Waals surface area contributed by atoms with Crippen molar-refractivity contribution in [2.24, 2.45) is 0 Å². The molecule has 0 aliphatic heterocycles. The van der Waals surface area contributed by atoms with Crippen LogP contribution in [-0.2, 0) is 14.8 Å². The van der Waals surface area contributed by atoms with Gasteiger partial charge in [0.25, 0.3) is 0 Å². The number of sulfonamides is 1. The lowest BCUT2D eigenvalue weighted by atomic mass is 10.1. The number of hydrogen-bond acceptors (Lipinski definition) is 5. The second-order valence-electron chi connectivity index (χ2n) is 6.17. The van der Waals surface area contributed by atoms with Gasteiger partial charge in [0.1, 0.15) is 0 Å². The zero-order valence-corrected chi connectivity index (χ0v) is 16.8. The lowest BCUT2D eigenvalue weighted by Gasteiger charge is -2.16. The van der Waals surface area contributed by atoms with Crippen LogP contribution >= 0.6 is 0 Å². The Kier molecular flexibility index (Phi) is 6.45. The molecule has 8 heteroatoms. The number of benzene rings is 2. The van der Waals surface area contributed by atoms with Crippen molar-refractivity contribution in [3.8, 4) is 11.5 Å². The van der Waals surface area contributed by atoms with Crippen LogP contribution in [0.15, 0.2) is 41.3 Å². The fraction of sp³-hybridized carbons (Fsp3) is 0.316. The highest BCUT2D eigenvalue weighted by molar-refractivity contribution is 7.89. The number of methoxy groups -OCH3 is 2. The van der Waals surface area contributed by atoms with E-state index in [-0.39, 0.29) is 10.6 Å². The van der Waals surface area contributed by atoms with E-state index < -0.39 is 22.0 Å². The molecule has 1 atom stereocenters. The summed E-state index contributed by atoms with van der Waals surface area (Å²) in [5.74, 6) is 0.246. The van der Waals surface area contributed by atoms with Gasteiger partial charge in [0, 0.05) is 11.8 Å². The number of carbonyl (C=O) groups excluding carboxylic acids is 1. The second-order valence-corrected chi connectivity index (χ2v) is 7.88. The van der Waals surface area contributed by atoms with Gasteiger partial charge in [-0.05, 0) is 44.5 Å². The summed E-state index contributed by atoms with van der Waals surface area (Å²) in [5.41, 5.74) is 2.62. The van der Waals surface area contributed by atoms with Crippen LogP contribution in [0.1, 0.15) is 18.1 Å². The first-order valence-corrected chi connectivity index (χ1v) is 9.78. The third kappa shape index (κ3) is 4.99. The normalized spacial score (nSPS) is 12.3. The molecular formula is C19H24N2O5S. The van der Waals surface area contributed by atoms with E-state index in [4.69, 9.17) is 9.47 Å². The molecule has 0 aliphatic rings. The minimum atomic E-state index is -3.92. The van der Waals surface area contributed by atoms with Crippen LogP contribution in [-0.4, -0.2) is 34.6 Å². The zero-order valence-electron chi connectivity index (χ0n) is 16.0. The van der Waals surface area contributed by atoms with Crippen LogP contribution in [0.2, 0.25) is 0 Å². The summed E-state index contributed by atoms with van der Waals surface area (Å²) in [6.45, 7) is 5.32. The molecule has 1 amide bonds. The van der Waals surface area contributed by atoms with Crippen molar-refractivity contribution in [2.75, 3.05) is 19.5 Å². The first kappa shape index (κ1) is 20.7. The van der Waals surface area contributed by atoms with Gasteiger partial charge in [-0.2, -0.15) is 4.72 Å². The zero-order chi connectivity index (χ0) is 20.2. The van der Waals surface area contributed by atoms with Gasteiger partial charge in [0.15, 0.2) is 11.5 Å². The highest BCUT2D eigenvalue weighted by Crippen LogP contribution is 2.29. The highest BCUT2D eigenvalue weighted by Gasteiger charge is 2.23. The molecule has 7 nitrogen and oxygen atoms in total. The Hall–Kier alpha value is -2.58. The van der Waals surface area contributed by atoms with Gasteiger partial charge in [0.05, 0.1) is 25.2 Å². The minimum Gasteiger partial charge on any atom is -0.493 e. The standard InChI is InChI=1S/C19H24N2O5S/c1-12-6-8-16(13(2)10-12)20-19(22)14(3)21-27(23,24)15-7-9-17(25-4)18(11-15)26-5/h6-11,14,21H,1-5H3,(H,20,22)/t14-/m1/s1. The van der Waals surface area contributed by atoms with Gasteiger partial charge in [-0.1, -0.05) is 17.7 Å². The summed E-state index contributed by atoms with van der Waals surface area (Å²) < 4.78 is 37.8. The summed E-state index contributed by atoms with van der Waals surface area (Å²) in [5, 5.41) is 2.74. The van der Waals surface area contributed by atoms with Gasteiger partial charge in [-0.15, -0.1) is 0 Å². The third-order valence-corrected chi connectivity index (χ3v) is 5.57. The minimum absolute atomic E-state index is 0.0219.